The minimum absolute atomic E-state index is 0.0957. The molecular formula is C29H28ClN3O2S. The van der Waals surface area contributed by atoms with Gasteiger partial charge in [0.15, 0.2) is 5.17 Å². The highest BCUT2D eigenvalue weighted by Crippen LogP contribution is 2.43. The highest BCUT2D eigenvalue weighted by atomic mass is 35.5. The first-order valence-electron chi connectivity index (χ1n) is 12.0. The minimum Gasteiger partial charge on any atom is -0.467 e. The summed E-state index contributed by atoms with van der Waals surface area (Å²) in [6.07, 6.45) is 5.77. The van der Waals surface area contributed by atoms with E-state index in [-0.39, 0.29) is 11.4 Å². The van der Waals surface area contributed by atoms with Crippen LogP contribution in [0.15, 0.2) is 81.3 Å². The first-order valence-corrected chi connectivity index (χ1v) is 13.1. The molecule has 0 saturated carbocycles. The van der Waals surface area contributed by atoms with E-state index in [0.717, 1.165) is 29.0 Å². The van der Waals surface area contributed by atoms with Gasteiger partial charge in [-0.25, -0.2) is 4.99 Å². The zero-order valence-corrected chi connectivity index (χ0v) is 22.4. The van der Waals surface area contributed by atoms with Crippen LogP contribution in [0.25, 0.3) is 11.6 Å². The fourth-order valence-electron chi connectivity index (χ4n) is 4.85. The number of carbonyl (C=O) groups excluding carboxylic acids is 1. The zero-order valence-electron chi connectivity index (χ0n) is 20.8. The Morgan fingerprint density at radius 2 is 1.92 bits per heavy atom. The maximum Gasteiger partial charge on any atom is 0.267 e. The molecule has 2 aromatic carbocycles. The van der Waals surface area contributed by atoms with Gasteiger partial charge in [0, 0.05) is 22.8 Å². The Hall–Kier alpha value is -3.22. The van der Waals surface area contributed by atoms with Crippen LogP contribution < -0.4 is 4.90 Å². The summed E-state index contributed by atoms with van der Waals surface area (Å²) < 4.78 is 5.52. The number of para-hydroxylation sites is 1. The molecule has 0 bridgehead atoms. The lowest BCUT2D eigenvalue weighted by atomic mass is 9.88. The highest BCUT2D eigenvalue weighted by molar-refractivity contribution is 8.18. The molecule has 1 aromatic heterocycles. The van der Waals surface area contributed by atoms with Crippen molar-refractivity contribution in [1.29, 1.82) is 0 Å². The average molecular weight is 518 g/mol. The van der Waals surface area contributed by atoms with Crippen LogP contribution in [0.2, 0.25) is 5.02 Å². The van der Waals surface area contributed by atoms with Gasteiger partial charge in [-0.05, 0) is 93.1 Å². The van der Waals surface area contributed by atoms with Gasteiger partial charge in [0.25, 0.3) is 5.91 Å². The van der Waals surface area contributed by atoms with Gasteiger partial charge in [-0.3, -0.25) is 9.69 Å². The number of thioether (sulfide) groups is 1. The molecule has 3 aromatic rings. The SMILES string of the molecule is CCN1c2cc(Cl)c(/C=C3/SC(=Nc4ccccc4)N(Cc4ccco4)C3=O)cc2C(C)=CC1(C)C. The smallest absolute Gasteiger partial charge is 0.267 e. The number of allylic oxidation sites excluding steroid dienone is 1. The van der Waals surface area contributed by atoms with Gasteiger partial charge in [0.05, 0.1) is 28.9 Å². The number of amidine groups is 1. The maximum atomic E-state index is 13.5. The van der Waals surface area contributed by atoms with Crippen LogP contribution in [0.5, 0.6) is 0 Å². The second-order valence-corrected chi connectivity index (χ2v) is 10.8. The van der Waals surface area contributed by atoms with E-state index in [0.29, 0.717) is 27.4 Å². The Kier molecular flexibility index (Phi) is 6.58. The molecule has 184 valence electrons. The van der Waals surface area contributed by atoms with Crippen molar-refractivity contribution in [2.45, 2.75) is 39.8 Å². The number of aliphatic imine (C=N–C) groups is 1. The lowest BCUT2D eigenvalue weighted by Crippen LogP contribution is -2.44. The van der Waals surface area contributed by atoms with Crippen LogP contribution >= 0.6 is 23.4 Å². The quantitative estimate of drug-likeness (QED) is 0.324. The first kappa shape index (κ1) is 24.5. The zero-order chi connectivity index (χ0) is 25.4. The van der Waals surface area contributed by atoms with Crippen molar-refractivity contribution in [2.24, 2.45) is 4.99 Å². The molecular weight excluding hydrogens is 490 g/mol. The molecule has 3 heterocycles. The second-order valence-electron chi connectivity index (χ2n) is 9.43. The van der Waals surface area contributed by atoms with Gasteiger partial charge >= 0.3 is 0 Å². The van der Waals surface area contributed by atoms with E-state index in [1.165, 1.54) is 17.3 Å². The van der Waals surface area contributed by atoms with E-state index in [1.807, 2.05) is 54.6 Å². The second kappa shape index (κ2) is 9.68. The molecule has 0 radical (unpaired) electrons. The normalized spacial score (nSPS) is 19.2. The van der Waals surface area contributed by atoms with Crippen LogP contribution in [-0.2, 0) is 11.3 Å². The lowest BCUT2D eigenvalue weighted by molar-refractivity contribution is -0.122. The van der Waals surface area contributed by atoms with Gasteiger partial charge in [-0.2, -0.15) is 0 Å². The van der Waals surface area contributed by atoms with E-state index in [2.05, 4.69) is 44.7 Å². The predicted molar refractivity (Wildman–Crippen MR) is 151 cm³/mol. The number of benzene rings is 2. The van der Waals surface area contributed by atoms with Crippen LogP contribution in [-0.4, -0.2) is 28.1 Å². The standard InChI is InChI=1S/C29H28ClN3O2S/c1-5-33-25-16-24(30)20(14-23(25)19(2)17-29(33,3)4)15-26-27(34)32(18-22-12-9-13-35-22)28(36-26)31-21-10-7-6-8-11-21/h6-17H,5,18H2,1-4H3/b26-15+,31-28?. The van der Waals surface area contributed by atoms with Crippen molar-refractivity contribution < 1.29 is 9.21 Å². The number of hydrogen-bond acceptors (Lipinski definition) is 5. The summed E-state index contributed by atoms with van der Waals surface area (Å²) in [5.41, 5.74) is 4.95. The van der Waals surface area contributed by atoms with Crippen LogP contribution in [0, 0.1) is 0 Å². The Morgan fingerprint density at radius 3 is 2.61 bits per heavy atom. The number of fused-ring (bicyclic) bond motifs is 1. The first-order chi connectivity index (χ1) is 17.3. The number of carbonyl (C=O) groups is 1. The summed E-state index contributed by atoms with van der Waals surface area (Å²) in [4.78, 5) is 22.9. The molecule has 0 aliphatic carbocycles. The maximum absolute atomic E-state index is 13.5. The number of hydrogen-bond donors (Lipinski definition) is 0. The molecule has 0 N–H and O–H groups in total. The van der Waals surface area contributed by atoms with E-state index in [4.69, 9.17) is 21.0 Å². The number of amides is 1. The number of rotatable bonds is 5. The molecule has 5 nitrogen and oxygen atoms in total. The molecule has 0 unspecified atom stereocenters. The van der Waals surface area contributed by atoms with E-state index < -0.39 is 0 Å². The molecule has 1 saturated heterocycles. The van der Waals surface area contributed by atoms with Gasteiger partial charge < -0.3 is 9.32 Å². The topological polar surface area (TPSA) is 49.0 Å². The third-order valence-electron chi connectivity index (χ3n) is 6.46. The largest absolute Gasteiger partial charge is 0.467 e. The van der Waals surface area contributed by atoms with Crippen molar-refractivity contribution in [3.8, 4) is 0 Å². The summed E-state index contributed by atoms with van der Waals surface area (Å²) in [5.74, 6) is 0.573. The van der Waals surface area contributed by atoms with Gasteiger partial charge in [-0.1, -0.05) is 35.9 Å². The van der Waals surface area contributed by atoms with E-state index >= 15 is 0 Å². The fourth-order valence-corrected chi connectivity index (χ4v) is 6.05. The lowest BCUT2D eigenvalue weighted by Gasteiger charge is -2.43. The summed E-state index contributed by atoms with van der Waals surface area (Å²) >= 11 is 8.15. The molecule has 1 fully saturated rings. The molecule has 1 amide bonds. The van der Waals surface area contributed by atoms with Crippen molar-refractivity contribution in [2.75, 3.05) is 11.4 Å². The average Bonchev–Trinajstić information content (AvgIpc) is 3.45. The Labute approximate surface area is 221 Å². The number of anilines is 1. The van der Waals surface area contributed by atoms with Crippen molar-refractivity contribution in [3.63, 3.8) is 0 Å². The van der Waals surface area contributed by atoms with Crippen LogP contribution in [0.1, 0.15) is 44.6 Å². The number of furan rings is 1. The molecule has 2 aliphatic rings. The summed E-state index contributed by atoms with van der Waals surface area (Å²) in [7, 11) is 0. The van der Waals surface area contributed by atoms with Crippen molar-refractivity contribution in [3.05, 3.63) is 93.8 Å². The fraction of sp³-hybridized carbons (Fsp3) is 0.241. The molecule has 0 atom stereocenters. The molecule has 0 spiro atoms. The number of nitrogens with zero attached hydrogens (tertiary/aromatic N) is 3. The highest BCUT2D eigenvalue weighted by Gasteiger charge is 2.35. The minimum atomic E-state index is -0.122. The monoisotopic (exact) mass is 517 g/mol. The third-order valence-corrected chi connectivity index (χ3v) is 7.80. The predicted octanol–water partition coefficient (Wildman–Crippen LogP) is 7.76. The van der Waals surface area contributed by atoms with E-state index in [9.17, 15) is 4.79 Å². The van der Waals surface area contributed by atoms with Gasteiger partial charge in [0.2, 0.25) is 0 Å². The Bertz CT molecular complexity index is 1390. The molecule has 36 heavy (non-hydrogen) atoms. The Morgan fingerprint density at radius 1 is 1.14 bits per heavy atom. The molecule has 7 heteroatoms. The van der Waals surface area contributed by atoms with Crippen molar-refractivity contribution >= 4 is 57.5 Å². The summed E-state index contributed by atoms with van der Waals surface area (Å²) in [5, 5.41) is 1.22. The molecule has 2 aliphatic heterocycles. The van der Waals surface area contributed by atoms with Gasteiger partial charge in [0.1, 0.15) is 5.76 Å². The molecule has 5 rings (SSSR count). The van der Waals surface area contributed by atoms with Gasteiger partial charge in [-0.15, -0.1) is 0 Å². The summed E-state index contributed by atoms with van der Waals surface area (Å²) in [6.45, 7) is 9.88. The van der Waals surface area contributed by atoms with Crippen LogP contribution in [0.3, 0.4) is 0 Å². The Balaban J connectivity index is 1.54. The number of halogens is 1. The van der Waals surface area contributed by atoms with E-state index in [1.54, 1.807) is 11.2 Å². The number of likely N-dealkylation sites (N-methyl/N-ethyl adjacent to an activating group) is 1. The van der Waals surface area contributed by atoms with Crippen LogP contribution in [0.4, 0.5) is 11.4 Å². The third kappa shape index (κ3) is 4.63. The summed E-state index contributed by atoms with van der Waals surface area (Å²) in [6, 6.07) is 17.4. The van der Waals surface area contributed by atoms with Crippen molar-refractivity contribution in [1.82, 2.24) is 4.90 Å².